The Hall–Kier alpha value is -6.49. The molecule has 0 bridgehead atoms. The number of benzene rings is 8. The molecule has 0 unspecified atom stereocenters. The molecule has 0 radical (unpaired) electrons. The minimum Gasteiger partial charge on any atom is -0.456 e. The lowest BCUT2D eigenvalue weighted by atomic mass is 10.0. The van der Waals surface area contributed by atoms with E-state index in [2.05, 4.69) is 192 Å². The molecule has 10 rings (SSSR count). The van der Waals surface area contributed by atoms with Crippen molar-refractivity contribution in [1.82, 2.24) is 0 Å². The van der Waals surface area contributed by atoms with Crippen LogP contribution in [0.5, 0.6) is 0 Å². The third kappa shape index (κ3) is 5.33. The zero-order valence-electron chi connectivity index (χ0n) is 28.2. The van der Waals surface area contributed by atoms with Gasteiger partial charge in [0.15, 0.2) is 0 Å². The van der Waals surface area contributed by atoms with Gasteiger partial charge in [-0.25, -0.2) is 0 Å². The lowest BCUT2D eigenvalue weighted by Crippen LogP contribution is -2.14. The zero-order valence-corrected chi connectivity index (χ0v) is 29.0. The standard InChI is InChI=1S/C48H32N2OS/c1-3-11-33(12-4-1)34-19-24-38(25-20-34)49(40-28-29-42-41-15-7-9-17-45(41)51-46(42)32-40)39-26-21-35(22-27-39)36-23-30-44-48(31-36)52-47-18-10-8-16-43(47)50(44)37-13-5-2-6-14-37/h1-32H. The van der Waals surface area contributed by atoms with Gasteiger partial charge >= 0.3 is 0 Å². The summed E-state index contributed by atoms with van der Waals surface area (Å²) in [6, 6.07) is 69.1. The highest BCUT2D eigenvalue weighted by Gasteiger charge is 2.25. The van der Waals surface area contributed by atoms with E-state index in [0.717, 1.165) is 44.7 Å². The summed E-state index contributed by atoms with van der Waals surface area (Å²) in [6.07, 6.45) is 0. The fourth-order valence-corrected chi connectivity index (χ4v) is 8.43. The van der Waals surface area contributed by atoms with E-state index >= 15 is 0 Å². The number of rotatable bonds is 6. The van der Waals surface area contributed by atoms with Crippen LogP contribution < -0.4 is 9.80 Å². The predicted octanol–water partition coefficient (Wildman–Crippen LogP) is 14.3. The predicted molar refractivity (Wildman–Crippen MR) is 218 cm³/mol. The maximum atomic E-state index is 6.34. The van der Waals surface area contributed by atoms with E-state index in [9.17, 15) is 0 Å². The van der Waals surface area contributed by atoms with E-state index in [1.807, 2.05) is 23.9 Å². The van der Waals surface area contributed by atoms with Gasteiger partial charge in [0.2, 0.25) is 0 Å². The second-order valence-corrected chi connectivity index (χ2v) is 14.1. The quantitative estimate of drug-likeness (QED) is 0.174. The summed E-state index contributed by atoms with van der Waals surface area (Å²) >= 11 is 1.84. The third-order valence-corrected chi connectivity index (χ3v) is 11.0. The van der Waals surface area contributed by atoms with Gasteiger partial charge in [0.25, 0.3) is 0 Å². The Morgan fingerprint density at radius 3 is 1.71 bits per heavy atom. The topological polar surface area (TPSA) is 19.6 Å². The van der Waals surface area contributed by atoms with E-state index < -0.39 is 0 Å². The first-order valence-corrected chi connectivity index (χ1v) is 18.3. The summed E-state index contributed by atoms with van der Waals surface area (Å²) < 4.78 is 6.34. The van der Waals surface area contributed by atoms with Gasteiger partial charge in [-0.1, -0.05) is 121 Å². The van der Waals surface area contributed by atoms with E-state index in [-0.39, 0.29) is 0 Å². The van der Waals surface area contributed by atoms with Gasteiger partial charge < -0.3 is 14.2 Å². The molecule has 1 aliphatic rings. The van der Waals surface area contributed by atoms with E-state index in [0.29, 0.717) is 0 Å². The van der Waals surface area contributed by atoms with E-state index in [4.69, 9.17) is 4.42 Å². The molecular formula is C48H32N2OS. The Balaban J connectivity index is 1.03. The number of anilines is 6. The Labute approximate surface area is 307 Å². The molecule has 1 aromatic heterocycles. The molecule has 4 heteroatoms. The smallest absolute Gasteiger partial charge is 0.137 e. The highest BCUT2D eigenvalue weighted by atomic mass is 32.2. The number of para-hydroxylation sites is 3. The first-order chi connectivity index (χ1) is 25.8. The van der Waals surface area contributed by atoms with Crippen molar-refractivity contribution < 1.29 is 4.42 Å². The number of fused-ring (bicyclic) bond motifs is 5. The van der Waals surface area contributed by atoms with Crippen LogP contribution in [0, 0.1) is 0 Å². The molecule has 0 spiro atoms. The SMILES string of the molecule is c1ccc(-c2ccc(N(c3ccc(-c4ccc5c(c4)Sc4ccccc4N5c4ccccc4)cc3)c3ccc4c(c3)oc3ccccc34)cc2)cc1. The molecule has 3 nitrogen and oxygen atoms in total. The van der Waals surface area contributed by atoms with Gasteiger partial charge in [0, 0.05) is 49.4 Å². The minimum atomic E-state index is 0.874. The van der Waals surface area contributed by atoms with E-state index in [1.165, 1.54) is 43.4 Å². The van der Waals surface area contributed by atoms with Crippen LogP contribution in [-0.4, -0.2) is 0 Å². The first-order valence-electron chi connectivity index (χ1n) is 17.5. The molecule has 52 heavy (non-hydrogen) atoms. The summed E-state index contributed by atoms with van der Waals surface area (Å²) in [5, 5.41) is 2.25. The Bertz CT molecular complexity index is 2700. The summed E-state index contributed by atoms with van der Waals surface area (Å²) in [6.45, 7) is 0. The van der Waals surface area contributed by atoms with Crippen LogP contribution in [0.1, 0.15) is 0 Å². The first kappa shape index (κ1) is 30.3. The van der Waals surface area contributed by atoms with Crippen molar-refractivity contribution >= 4 is 67.8 Å². The van der Waals surface area contributed by atoms with Crippen LogP contribution in [0.25, 0.3) is 44.2 Å². The van der Waals surface area contributed by atoms with Crippen LogP contribution in [0.3, 0.4) is 0 Å². The third-order valence-electron chi connectivity index (χ3n) is 9.85. The monoisotopic (exact) mass is 684 g/mol. The molecule has 1 aliphatic heterocycles. The average molecular weight is 685 g/mol. The molecule has 0 saturated carbocycles. The van der Waals surface area contributed by atoms with Gasteiger partial charge in [-0.05, 0) is 101 Å². The van der Waals surface area contributed by atoms with Crippen molar-refractivity contribution in [2.45, 2.75) is 9.79 Å². The normalized spacial score (nSPS) is 12.1. The molecule has 0 aliphatic carbocycles. The van der Waals surface area contributed by atoms with Gasteiger partial charge in [-0.3, -0.25) is 0 Å². The van der Waals surface area contributed by atoms with Gasteiger partial charge in [0.1, 0.15) is 11.2 Å². The minimum absolute atomic E-state index is 0.874. The molecule has 2 heterocycles. The maximum Gasteiger partial charge on any atom is 0.137 e. The number of hydrogen-bond donors (Lipinski definition) is 0. The van der Waals surface area contributed by atoms with Crippen molar-refractivity contribution in [3.05, 3.63) is 194 Å². The zero-order chi connectivity index (χ0) is 34.4. The van der Waals surface area contributed by atoms with Crippen LogP contribution in [-0.2, 0) is 0 Å². The molecule has 0 saturated heterocycles. The maximum absolute atomic E-state index is 6.34. The molecular weight excluding hydrogens is 653 g/mol. The van der Waals surface area contributed by atoms with Crippen molar-refractivity contribution in [3.63, 3.8) is 0 Å². The summed E-state index contributed by atoms with van der Waals surface area (Å²) in [5.41, 5.74) is 13.3. The van der Waals surface area contributed by atoms with Crippen molar-refractivity contribution in [1.29, 1.82) is 0 Å². The van der Waals surface area contributed by atoms with Crippen molar-refractivity contribution in [3.8, 4) is 22.3 Å². The molecule has 0 atom stereocenters. The highest BCUT2D eigenvalue weighted by molar-refractivity contribution is 7.99. The number of hydrogen-bond acceptors (Lipinski definition) is 4. The lowest BCUT2D eigenvalue weighted by Gasteiger charge is -2.33. The van der Waals surface area contributed by atoms with Crippen LogP contribution >= 0.6 is 11.8 Å². The van der Waals surface area contributed by atoms with E-state index in [1.54, 1.807) is 0 Å². The van der Waals surface area contributed by atoms with Crippen molar-refractivity contribution in [2.24, 2.45) is 0 Å². The van der Waals surface area contributed by atoms with Crippen LogP contribution in [0.4, 0.5) is 34.1 Å². The van der Waals surface area contributed by atoms with Gasteiger partial charge in [0.05, 0.1) is 11.4 Å². The van der Waals surface area contributed by atoms with Crippen molar-refractivity contribution in [2.75, 3.05) is 9.80 Å². The molecule has 0 fully saturated rings. The van der Waals surface area contributed by atoms with Crippen LogP contribution in [0.2, 0.25) is 0 Å². The largest absolute Gasteiger partial charge is 0.456 e. The van der Waals surface area contributed by atoms with Gasteiger partial charge in [-0.2, -0.15) is 0 Å². The average Bonchev–Trinajstić information content (AvgIpc) is 3.59. The summed E-state index contributed by atoms with van der Waals surface area (Å²) in [5.74, 6) is 0. The second-order valence-electron chi connectivity index (χ2n) is 13.0. The molecule has 9 aromatic rings. The second kappa shape index (κ2) is 12.7. The Morgan fingerprint density at radius 2 is 0.942 bits per heavy atom. The fourth-order valence-electron chi connectivity index (χ4n) is 7.33. The molecule has 0 N–H and O–H groups in total. The molecule has 246 valence electrons. The van der Waals surface area contributed by atoms with Gasteiger partial charge in [-0.15, -0.1) is 0 Å². The Kier molecular flexibility index (Phi) is 7.40. The van der Waals surface area contributed by atoms with Crippen LogP contribution in [0.15, 0.2) is 208 Å². The summed E-state index contributed by atoms with van der Waals surface area (Å²) in [4.78, 5) is 7.17. The number of furan rings is 1. The summed E-state index contributed by atoms with van der Waals surface area (Å²) in [7, 11) is 0. The lowest BCUT2D eigenvalue weighted by molar-refractivity contribution is 0.669. The molecule has 8 aromatic carbocycles. The fraction of sp³-hybridized carbons (Fsp3) is 0. The Morgan fingerprint density at radius 1 is 0.385 bits per heavy atom. The molecule has 0 amide bonds. The highest BCUT2D eigenvalue weighted by Crippen LogP contribution is 2.52. The number of nitrogens with zero attached hydrogens (tertiary/aromatic N) is 2.